The number of halogens is 1. The second-order valence-electron chi connectivity index (χ2n) is 4.16. The van der Waals surface area contributed by atoms with Gasteiger partial charge in [-0.3, -0.25) is 4.39 Å². The van der Waals surface area contributed by atoms with Crippen LogP contribution in [0.2, 0.25) is 0 Å². The van der Waals surface area contributed by atoms with E-state index in [2.05, 4.69) is 4.90 Å². The molecule has 0 unspecified atom stereocenters. The first-order valence-corrected chi connectivity index (χ1v) is 4.95. The molecule has 1 rings (SSSR count). The Kier molecular flexibility index (Phi) is 3.85. The van der Waals surface area contributed by atoms with Crippen molar-refractivity contribution in [1.82, 2.24) is 4.90 Å². The molecule has 0 aromatic carbocycles. The van der Waals surface area contributed by atoms with E-state index >= 15 is 0 Å². The van der Waals surface area contributed by atoms with Gasteiger partial charge in [0.2, 0.25) is 0 Å². The Labute approximate surface area is 79.1 Å². The molecule has 0 amide bonds. The van der Waals surface area contributed by atoms with Crippen LogP contribution in [-0.4, -0.2) is 37.5 Å². The molecule has 1 heterocycles. The molecule has 13 heavy (non-hydrogen) atoms. The van der Waals surface area contributed by atoms with E-state index in [1.807, 2.05) is 6.92 Å². The van der Waals surface area contributed by atoms with Gasteiger partial charge in [-0.05, 0) is 32.4 Å². The Morgan fingerprint density at radius 2 is 2.08 bits per heavy atom. The number of likely N-dealkylation sites (tertiary alicyclic amines) is 1. The van der Waals surface area contributed by atoms with Crippen molar-refractivity contribution >= 4 is 6.29 Å². The second-order valence-corrected chi connectivity index (χ2v) is 4.16. The Morgan fingerprint density at radius 1 is 1.46 bits per heavy atom. The number of carbonyl (C=O) groups is 1. The number of alkyl halides is 1. The highest BCUT2D eigenvalue weighted by molar-refractivity contribution is 5.58. The standard InChI is InChI=1S/C10H18FNO/c1-10(9-13)3-7-12(8-4-10)6-2-5-11/h9H,2-8H2,1H3. The van der Waals surface area contributed by atoms with E-state index in [1.165, 1.54) is 0 Å². The van der Waals surface area contributed by atoms with Crippen molar-refractivity contribution in [3.8, 4) is 0 Å². The molecule has 1 fully saturated rings. The minimum absolute atomic E-state index is 0.119. The molecule has 3 heteroatoms. The molecule has 0 bridgehead atoms. The molecule has 0 radical (unpaired) electrons. The SMILES string of the molecule is CC1(C=O)CCN(CCCF)CC1. The van der Waals surface area contributed by atoms with Gasteiger partial charge >= 0.3 is 0 Å². The fraction of sp³-hybridized carbons (Fsp3) is 0.900. The molecular formula is C10H18FNO. The van der Waals surface area contributed by atoms with Crippen molar-refractivity contribution in [1.29, 1.82) is 0 Å². The van der Waals surface area contributed by atoms with Crippen LogP contribution in [0.5, 0.6) is 0 Å². The summed E-state index contributed by atoms with van der Waals surface area (Å²) in [7, 11) is 0. The Morgan fingerprint density at radius 3 is 2.54 bits per heavy atom. The summed E-state index contributed by atoms with van der Waals surface area (Å²) in [4.78, 5) is 13.0. The molecule has 1 saturated heterocycles. The predicted octanol–water partition coefficient (Wildman–Crippen LogP) is 1.65. The Hall–Kier alpha value is -0.440. The van der Waals surface area contributed by atoms with Crippen LogP contribution in [0.4, 0.5) is 4.39 Å². The van der Waals surface area contributed by atoms with E-state index in [0.29, 0.717) is 6.42 Å². The lowest BCUT2D eigenvalue weighted by Crippen LogP contribution is -2.39. The normalized spacial score (nSPS) is 22.9. The molecule has 0 aromatic rings. The smallest absolute Gasteiger partial charge is 0.125 e. The highest BCUT2D eigenvalue weighted by atomic mass is 19.1. The molecule has 1 aliphatic heterocycles. The van der Waals surface area contributed by atoms with E-state index in [4.69, 9.17) is 0 Å². The number of nitrogens with zero attached hydrogens (tertiary/aromatic N) is 1. The minimum Gasteiger partial charge on any atom is -0.303 e. The zero-order valence-electron chi connectivity index (χ0n) is 8.26. The van der Waals surface area contributed by atoms with Crippen molar-refractivity contribution in [3.63, 3.8) is 0 Å². The van der Waals surface area contributed by atoms with Gasteiger partial charge in [-0.2, -0.15) is 0 Å². The summed E-state index contributed by atoms with van der Waals surface area (Å²) < 4.78 is 11.9. The van der Waals surface area contributed by atoms with Gasteiger partial charge in [0.1, 0.15) is 6.29 Å². The third-order valence-electron chi connectivity index (χ3n) is 2.89. The Balaban J connectivity index is 2.26. The van der Waals surface area contributed by atoms with Crippen LogP contribution < -0.4 is 0 Å². The predicted molar refractivity (Wildman–Crippen MR) is 50.4 cm³/mol. The van der Waals surface area contributed by atoms with Crippen molar-refractivity contribution in [2.75, 3.05) is 26.3 Å². The number of rotatable bonds is 4. The van der Waals surface area contributed by atoms with E-state index in [9.17, 15) is 9.18 Å². The van der Waals surface area contributed by atoms with E-state index < -0.39 is 0 Å². The highest BCUT2D eigenvalue weighted by Crippen LogP contribution is 2.28. The van der Waals surface area contributed by atoms with Crippen molar-refractivity contribution < 1.29 is 9.18 Å². The van der Waals surface area contributed by atoms with Gasteiger partial charge in [0, 0.05) is 12.0 Å². The van der Waals surface area contributed by atoms with Crippen LogP contribution in [-0.2, 0) is 4.79 Å². The summed E-state index contributed by atoms with van der Waals surface area (Å²) in [6.45, 7) is 4.49. The maximum Gasteiger partial charge on any atom is 0.125 e. The van der Waals surface area contributed by atoms with Gasteiger partial charge < -0.3 is 9.69 Å². The molecule has 76 valence electrons. The number of aldehydes is 1. The van der Waals surface area contributed by atoms with Crippen LogP contribution in [0.25, 0.3) is 0 Å². The van der Waals surface area contributed by atoms with Crippen molar-refractivity contribution in [2.45, 2.75) is 26.2 Å². The average molecular weight is 187 g/mol. The lowest BCUT2D eigenvalue weighted by Gasteiger charge is -2.35. The van der Waals surface area contributed by atoms with E-state index in [1.54, 1.807) is 0 Å². The van der Waals surface area contributed by atoms with Gasteiger partial charge in [-0.1, -0.05) is 6.92 Å². The van der Waals surface area contributed by atoms with Gasteiger partial charge in [-0.15, -0.1) is 0 Å². The fourth-order valence-electron chi connectivity index (χ4n) is 1.69. The van der Waals surface area contributed by atoms with Gasteiger partial charge in [-0.25, -0.2) is 0 Å². The summed E-state index contributed by atoms with van der Waals surface area (Å²) in [5.41, 5.74) is -0.119. The number of piperidine rings is 1. The second kappa shape index (κ2) is 4.70. The number of carbonyl (C=O) groups excluding carboxylic acids is 1. The molecule has 0 spiro atoms. The first-order chi connectivity index (χ1) is 6.20. The third-order valence-corrected chi connectivity index (χ3v) is 2.89. The monoisotopic (exact) mass is 187 g/mol. The molecule has 0 atom stereocenters. The summed E-state index contributed by atoms with van der Waals surface area (Å²) in [6, 6.07) is 0. The van der Waals surface area contributed by atoms with E-state index in [-0.39, 0.29) is 12.1 Å². The maximum absolute atomic E-state index is 11.9. The first-order valence-electron chi connectivity index (χ1n) is 4.95. The van der Waals surface area contributed by atoms with Gasteiger partial charge in [0.15, 0.2) is 0 Å². The summed E-state index contributed by atoms with van der Waals surface area (Å²) >= 11 is 0. The van der Waals surface area contributed by atoms with Crippen molar-refractivity contribution in [3.05, 3.63) is 0 Å². The van der Waals surface area contributed by atoms with Crippen LogP contribution in [0, 0.1) is 5.41 Å². The van der Waals surface area contributed by atoms with Crippen LogP contribution in [0.3, 0.4) is 0 Å². The largest absolute Gasteiger partial charge is 0.303 e. The number of hydrogen-bond acceptors (Lipinski definition) is 2. The number of hydrogen-bond donors (Lipinski definition) is 0. The summed E-state index contributed by atoms with van der Waals surface area (Å²) in [5, 5.41) is 0. The molecule has 0 N–H and O–H groups in total. The highest BCUT2D eigenvalue weighted by Gasteiger charge is 2.28. The molecule has 0 aromatic heterocycles. The lowest BCUT2D eigenvalue weighted by atomic mass is 9.82. The zero-order valence-corrected chi connectivity index (χ0v) is 8.26. The average Bonchev–Trinajstić information content (AvgIpc) is 2.17. The lowest BCUT2D eigenvalue weighted by molar-refractivity contribution is -0.117. The molecule has 1 aliphatic rings. The third kappa shape index (κ3) is 3.07. The zero-order chi connectivity index (χ0) is 9.73. The quantitative estimate of drug-likeness (QED) is 0.624. The van der Waals surface area contributed by atoms with E-state index in [0.717, 1.165) is 38.8 Å². The van der Waals surface area contributed by atoms with Crippen molar-refractivity contribution in [2.24, 2.45) is 5.41 Å². The minimum atomic E-state index is -0.235. The van der Waals surface area contributed by atoms with Crippen LogP contribution in [0.1, 0.15) is 26.2 Å². The first kappa shape index (κ1) is 10.6. The summed E-state index contributed by atoms with van der Waals surface area (Å²) in [6.07, 6.45) is 3.53. The van der Waals surface area contributed by atoms with Crippen LogP contribution in [0.15, 0.2) is 0 Å². The topological polar surface area (TPSA) is 20.3 Å². The molecule has 0 aliphatic carbocycles. The molecule has 0 saturated carbocycles. The van der Waals surface area contributed by atoms with Gasteiger partial charge in [0.05, 0.1) is 6.67 Å². The van der Waals surface area contributed by atoms with Gasteiger partial charge in [0.25, 0.3) is 0 Å². The molecular weight excluding hydrogens is 169 g/mol. The fourth-order valence-corrected chi connectivity index (χ4v) is 1.69. The molecule has 2 nitrogen and oxygen atoms in total. The summed E-state index contributed by atoms with van der Waals surface area (Å²) in [5.74, 6) is 0. The van der Waals surface area contributed by atoms with Crippen LogP contribution >= 0.6 is 0 Å². The maximum atomic E-state index is 11.9. The Bertz CT molecular complexity index is 164.